The molecule has 2 aromatic rings. The molecule has 4 rings (SSSR count). The summed E-state index contributed by atoms with van der Waals surface area (Å²) in [4.78, 5) is 30.8. The highest BCUT2D eigenvalue weighted by Gasteiger charge is 2.66. The fourth-order valence-electron chi connectivity index (χ4n) is 5.81. The summed E-state index contributed by atoms with van der Waals surface area (Å²) in [6.07, 6.45) is -0.188. The number of ether oxygens (including phenoxy) is 1. The zero-order valence-electron chi connectivity index (χ0n) is 19.4. The Balaban J connectivity index is 1.51. The zero-order valence-corrected chi connectivity index (χ0v) is 20.1. The predicted octanol–water partition coefficient (Wildman–Crippen LogP) is 4.48. The molecular formula is C25H26ClN3O5. The van der Waals surface area contributed by atoms with Crippen LogP contribution < -0.4 is 10.2 Å². The van der Waals surface area contributed by atoms with Gasteiger partial charge in [-0.1, -0.05) is 39.3 Å². The summed E-state index contributed by atoms with van der Waals surface area (Å²) in [5, 5.41) is 18.2. The van der Waals surface area contributed by atoms with Gasteiger partial charge in [-0.25, -0.2) is 4.79 Å². The van der Waals surface area contributed by atoms with E-state index in [1.54, 1.807) is 36.4 Å². The summed E-state index contributed by atoms with van der Waals surface area (Å²) in [6.45, 7) is 8.31. The third kappa shape index (κ3) is 3.95. The van der Waals surface area contributed by atoms with Gasteiger partial charge in [0.2, 0.25) is 0 Å². The number of carboxylic acids is 1. The second kappa shape index (κ2) is 8.49. The van der Waals surface area contributed by atoms with Crippen LogP contribution in [0.3, 0.4) is 0 Å². The molecule has 1 aliphatic carbocycles. The predicted molar refractivity (Wildman–Crippen MR) is 125 cm³/mol. The Kier molecular flexibility index (Phi) is 5.96. The summed E-state index contributed by atoms with van der Waals surface area (Å²) in [7, 11) is 0. The third-order valence-corrected chi connectivity index (χ3v) is 7.02. The lowest BCUT2D eigenvalue weighted by atomic mass is 9.49. The van der Waals surface area contributed by atoms with E-state index >= 15 is 0 Å². The van der Waals surface area contributed by atoms with E-state index in [9.17, 15) is 9.59 Å². The molecule has 2 aliphatic rings. The number of fused-ring (bicyclic) bond motifs is 1. The molecule has 8 nitrogen and oxygen atoms in total. The molecule has 9 heteroatoms. The van der Waals surface area contributed by atoms with E-state index in [1.165, 1.54) is 0 Å². The Morgan fingerprint density at radius 3 is 2.56 bits per heavy atom. The largest absolute Gasteiger partial charge is 0.489 e. The molecule has 178 valence electrons. The lowest BCUT2D eigenvalue weighted by Crippen LogP contribution is -2.74. The van der Waals surface area contributed by atoms with Crippen molar-refractivity contribution in [3.8, 4) is 11.8 Å². The second-order valence-corrected chi connectivity index (χ2v) is 10.3. The Morgan fingerprint density at radius 1 is 1.24 bits per heavy atom. The molecule has 2 aromatic carbocycles. The summed E-state index contributed by atoms with van der Waals surface area (Å²) in [5.41, 5.74) is 4.35. The van der Waals surface area contributed by atoms with E-state index in [0.717, 1.165) is 5.56 Å². The fraction of sp³-hybridized carbons (Fsp3) is 0.400. The van der Waals surface area contributed by atoms with Crippen LogP contribution in [0.25, 0.3) is 0 Å². The van der Waals surface area contributed by atoms with Crippen molar-refractivity contribution in [2.45, 2.75) is 46.4 Å². The van der Waals surface area contributed by atoms with Gasteiger partial charge in [0.25, 0.3) is 5.91 Å². The van der Waals surface area contributed by atoms with Crippen LogP contribution in [-0.4, -0.2) is 40.6 Å². The zero-order chi connectivity index (χ0) is 24.8. The highest BCUT2D eigenvalue weighted by Crippen LogP contribution is 2.59. The molecule has 1 saturated carbocycles. The molecule has 0 spiro atoms. The van der Waals surface area contributed by atoms with Crippen LogP contribution in [0.2, 0.25) is 5.02 Å². The molecule has 2 N–H and O–H groups in total. The fourth-order valence-corrected chi connectivity index (χ4v) is 6.02. The standard InChI is InChI=1S/C25H26ClN3O5/c1-24(2)22(25(3,4)23(24)34-17-7-5-14(11-27)19(26)10-17)29-12-15-9-16(28-33-13-20(30)31)6-8-18(15)21(29)32/h5-10,22-23,28H,12-13H2,1-4H3,(H,30,31). The SMILES string of the molecule is CC1(C)C(Oc2ccc(C#N)c(Cl)c2)C(C)(C)C1N1Cc2cc(NOCC(=O)O)ccc2C1=O. The van der Waals surface area contributed by atoms with Crippen LogP contribution in [0.1, 0.15) is 49.2 Å². The number of nitrogens with one attached hydrogen (secondary N) is 1. The minimum atomic E-state index is -1.08. The number of rotatable bonds is 7. The number of hydrogen-bond donors (Lipinski definition) is 2. The van der Waals surface area contributed by atoms with Crippen LogP contribution in [0, 0.1) is 22.2 Å². The average Bonchev–Trinajstić information content (AvgIpc) is 3.06. The highest BCUT2D eigenvalue weighted by molar-refractivity contribution is 6.31. The first-order valence-electron chi connectivity index (χ1n) is 10.9. The maximum atomic E-state index is 13.3. The van der Waals surface area contributed by atoms with Gasteiger partial charge in [-0.3, -0.25) is 15.1 Å². The Bertz CT molecular complexity index is 1190. The summed E-state index contributed by atoms with van der Waals surface area (Å²) < 4.78 is 6.34. The van der Waals surface area contributed by atoms with E-state index in [2.05, 4.69) is 33.2 Å². The van der Waals surface area contributed by atoms with Crippen molar-refractivity contribution < 1.29 is 24.3 Å². The van der Waals surface area contributed by atoms with Gasteiger partial charge >= 0.3 is 5.97 Å². The maximum absolute atomic E-state index is 13.3. The molecule has 0 aromatic heterocycles. The number of carbonyl (C=O) groups excluding carboxylic acids is 1. The molecule has 0 bridgehead atoms. The van der Waals surface area contributed by atoms with Gasteiger partial charge < -0.3 is 14.7 Å². The first-order valence-corrected chi connectivity index (χ1v) is 11.2. The average molecular weight is 484 g/mol. The molecular weight excluding hydrogens is 458 g/mol. The lowest BCUT2D eigenvalue weighted by Gasteiger charge is -2.65. The van der Waals surface area contributed by atoms with Gasteiger partial charge in [-0.2, -0.15) is 5.26 Å². The van der Waals surface area contributed by atoms with Gasteiger partial charge in [0, 0.05) is 35.0 Å². The smallest absolute Gasteiger partial charge is 0.332 e. The number of hydrogen-bond acceptors (Lipinski definition) is 6. The Morgan fingerprint density at radius 2 is 1.94 bits per heavy atom. The molecule has 1 amide bonds. The summed E-state index contributed by atoms with van der Waals surface area (Å²) >= 11 is 6.18. The van der Waals surface area contributed by atoms with Crippen molar-refractivity contribution in [3.63, 3.8) is 0 Å². The van der Waals surface area contributed by atoms with Crippen molar-refractivity contribution in [2.24, 2.45) is 10.8 Å². The first kappa shape index (κ1) is 23.9. The van der Waals surface area contributed by atoms with Gasteiger partial charge in [-0.15, -0.1) is 0 Å². The van der Waals surface area contributed by atoms with E-state index in [0.29, 0.717) is 34.1 Å². The van der Waals surface area contributed by atoms with Crippen molar-refractivity contribution in [1.82, 2.24) is 4.90 Å². The number of nitrogens with zero attached hydrogens (tertiary/aromatic N) is 2. The van der Waals surface area contributed by atoms with Crippen LogP contribution in [0.5, 0.6) is 5.75 Å². The van der Waals surface area contributed by atoms with Crippen molar-refractivity contribution >= 4 is 29.2 Å². The van der Waals surface area contributed by atoms with Gasteiger partial charge in [0.05, 0.1) is 16.3 Å². The van der Waals surface area contributed by atoms with E-state index in [4.69, 9.17) is 31.5 Å². The number of carbonyl (C=O) groups is 2. The normalized spacial score (nSPS) is 21.9. The third-order valence-electron chi connectivity index (χ3n) is 6.71. The molecule has 0 atom stereocenters. The molecule has 1 aliphatic heterocycles. The van der Waals surface area contributed by atoms with Crippen molar-refractivity contribution in [1.29, 1.82) is 5.26 Å². The number of benzene rings is 2. The molecule has 34 heavy (non-hydrogen) atoms. The van der Waals surface area contributed by atoms with Crippen LogP contribution in [0.4, 0.5) is 5.69 Å². The minimum Gasteiger partial charge on any atom is -0.489 e. The first-order chi connectivity index (χ1) is 16.0. The number of anilines is 1. The van der Waals surface area contributed by atoms with Gasteiger partial charge in [-0.05, 0) is 35.9 Å². The van der Waals surface area contributed by atoms with E-state index in [-0.39, 0.29) is 28.9 Å². The maximum Gasteiger partial charge on any atom is 0.332 e. The van der Waals surface area contributed by atoms with Gasteiger partial charge in [0.15, 0.2) is 6.61 Å². The molecule has 0 radical (unpaired) electrons. The Hall–Kier alpha value is -3.28. The molecule has 1 fully saturated rings. The number of nitriles is 1. The second-order valence-electron chi connectivity index (χ2n) is 9.89. The monoisotopic (exact) mass is 483 g/mol. The van der Waals surface area contributed by atoms with Crippen molar-refractivity contribution in [2.75, 3.05) is 12.1 Å². The number of halogens is 1. The number of carboxylic acid groups (broad SMARTS) is 1. The van der Waals surface area contributed by atoms with E-state index in [1.807, 2.05) is 11.0 Å². The molecule has 0 saturated heterocycles. The van der Waals surface area contributed by atoms with Crippen LogP contribution >= 0.6 is 11.6 Å². The minimum absolute atomic E-state index is 0.0426. The molecule has 1 heterocycles. The van der Waals surface area contributed by atoms with Crippen LogP contribution in [0.15, 0.2) is 36.4 Å². The molecule has 0 unspecified atom stereocenters. The van der Waals surface area contributed by atoms with Crippen LogP contribution in [-0.2, 0) is 16.2 Å². The highest BCUT2D eigenvalue weighted by atomic mass is 35.5. The van der Waals surface area contributed by atoms with Gasteiger partial charge in [0.1, 0.15) is 17.9 Å². The lowest BCUT2D eigenvalue weighted by molar-refractivity contribution is -0.199. The van der Waals surface area contributed by atoms with Crippen molar-refractivity contribution in [3.05, 3.63) is 58.1 Å². The summed E-state index contributed by atoms with van der Waals surface area (Å²) in [6, 6.07) is 12.2. The summed E-state index contributed by atoms with van der Waals surface area (Å²) in [5.74, 6) is -0.537. The van der Waals surface area contributed by atoms with E-state index < -0.39 is 12.6 Å². The topological polar surface area (TPSA) is 112 Å². The number of aliphatic carboxylic acids is 1. The quantitative estimate of drug-likeness (QED) is 0.558. The Labute approximate surface area is 203 Å². The number of amides is 1.